The van der Waals surface area contributed by atoms with Crippen molar-refractivity contribution >= 4 is 0 Å². The molecule has 2 heterocycles. The second kappa shape index (κ2) is 6.20. The first-order valence-electron chi connectivity index (χ1n) is 8.18. The Bertz CT molecular complexity index is 992. The van der Waals surface area contributed by atoms with Gasteiger partial charge in [0.2, 0.25) is 0 Å². The minimum absolute atomic E-state index is 0.0481. The molecule has 25 heavy (non-hydrogen) atoms. The van der Waals surface area contributed by atoms with E-state index < -0.39 is 5.63 Å². The molecule has 0 amide bonds. The molecule has 0 aliphatic heterocycles. The molecule has 0 bridgehead atoms. The van der Waals surface area contributed by atoms with Gasteiger partial charge in [0.15, 0.2) is 5.76 Å². The fourth-order valence-electron chi connectivity index (χ4n) is 3.17. The molecule has 3 rings (SSSR count). The lowest BCUT2D eigenvalue weighted by molar-refractivity contribution is 0.449. The molecule has 0 radical (unpaired) electrons. The molecule has 1 N–H and O–H groups in total. The van der Waals surface area contributed by atoms with Gasteiger partial charge in [0.05, 0.1) is 0 Å². The second-order valence-corrected chi connectivity index (χ2v) is 6.42. The van der Waals surface area contributed by atoms with Crippen LogP contribution >= 0.6 is 0 Å². The van der Waals surface area contributed by atoms with Crippen molar-refractivity contribution in [2.45, 2.75) is 34.6 Å². The van der Waals surface area contributed by atoms with Gasteiger partial charge in [0, 0.05) is 11.8 Å². The Morgan fingerprint density at radius 2 is 1.56 bits per heavy atom. The average Bonchev–Trinajstić information content (AvgIpc) is 2.60. The molecular weight excluding hydrogens is 314 g/mol. The van der Waals surface area contributed by atoms with Gasteiger partial charge in [-0.05, 0) is 74.6 Å². The second-order valence-electron chi connectivity index (χ2n) is 6.42. The monoisotopic (exact) mass is 335 g/mol. The van der Waals surface area contributed by atoms with Gasteiger partial charge in [-0.2, -0.15) is 0 Å². The number of aromatic nitrogens is 1. The maximum Gasteiger partial charge on any atom is 0.348 e. The Hall–Kier alpha value is -2.88. The predicted octanol–water partition coefficient (Wildman–Crippen LogP) is 4.62. The summed E-state index contributed by atoms with van der Waals surface area (Å²) in [6, 6.07) is 7.43. The Morgan fingerprint density at radius 3 is 2.12 bits per heavy atom. The van der Waals surface area contributed by atoms with Crippen LogP contribution in [0.15, 0.2) is 39.7 Å². The van der Waals surface area contributed by atoms with Crippen LogP contribution in [0.3, 0.4) is 0 Å². The summed E-state index contributed by atoms with van der Waals surface area (Å²) in [5, 5.41) is 10.8. The van der Waals surface area contributed by atoms with Gasteiger partial charge >= 0.3 is 5.63 Å². The summed E-state index contributed by atoms with van der Waals surface area (Å²) in [7, 11) is 0. The molecule has 0 saturated heterocycles. The first-order valence-corrected chi connectivity index (χ1v) is 8.18. The predicted molar refractivity (Wildman–Crippen MR) is 99.0 cm³/mol. The molecule has 0 aliphatic carbocycles. The minimum atomic E-state index is -0.556. The Kier molecular flexibility index (Phi) is 4.21. The van der Waals surface area contributed by atoms with Crippen molar-refractivity contribution < 1.29 is 9.52 Å². The third kappa shape index (κ3) is 2.74. The third-order valence-corrected chi connectivity index (χ3v) is 4.85. The molecule has 0 spiro atoms. The quantitative estimate of drug-likeness (QED) is 0.742. The number of aromatic hydroxyl groups is 1. The molecular formula is C21H21NO3. The van der Waals surface area contributed by atoms with Gasteiger partial charge in [-0.25, -0.2) is 4.79 Å². The van der Waals surface area contributed by atoms with Crippen molar-refractivity contribution in [3.63, 3.8) is 0 Å². The topological polar surface area (TPSA) is 63.3 Å². The van der Waals surface area contributed by atoms with Crippen LogP contribution in [0.2, 0.25) is 0 Å². The summed E-state index contributed by atoms with van der Waals surface area (Å²) < 4.78 is 5.57. The Balaban J connectivity index is 2.35. The van der Waals surface area contributed by atoms with Crippen molar-refractivity contribution in [1.29, 1.82) is 0 Å². The van der Waals surface area contributed by atoms with E-state index in [-0.39, 0.29) is 11.3 Å². The summed E-state index contributed by atoms with van der Waals surface area (Å²) in [4.78, 5) is 17.0. The van der Waals surface area contributed by atoms with Gasteiger partial charge in [-0.1, -0.05) is 12.1 Å². The number of pyridine rings is 1. The molecule has 0 saturated carbocycles. The fourth-order valence-corrected chi connectivity index (χ4v) is 3.17. The number of aryl methyl sites for hydroxylation is 2. The largest absolute Gasteiger partial charge is 0.507 e. The fraction of sp³-hybridized carbons (Fsp3) is 0.238. The van der Waals surface area contributed by atoms with Gasteiger partial charge in [-0.3, -0.25) is 4.98 Å². The minimum Gasteiger partial charge on any atom is -0.507 e. The van der Waals surface area contributed by atoms with Crippen LogP contribution in [-0.2, 0) is 0 Å². The number of rotatable bonds is 2. The normalized spacial score (nSPS) is 10.9. The summed E-state index contributed by atoms with van der Waals surface area (Å²) in [6.07, 6.45) is 1.62. The van der Waals surface area contributed by atoms with Gasteiger partial charge in [-0.15, -0.1) is 0 Å². The van der Waals surface area contributed by atoms with E-state index >= 15 is 0 Å². The molecule has 4 heteroatoms. The van der Waals surface area contributed by atoms with E-state index in [4.69, 9.17) is 4.42 Å². The van der Waals surface area contributed by atoms with Crippen molar-refractivity contribution in [3.05, 3.63) is 68.7 Å². The molecule has 4 nitrogen and oxygen atoms in total. The van der Waals surface area contributed by atoms with E-state index in [0.29, 0.717) is 17.0 Å². The van der Waals surface area contributed by atoms with Gasteiger partial charge < -0.3 is 9.52 Å². The van der Waals surface area contributed by atoms with Crippen LogP contribution in [0.5, 0.6) is 5.75 Å². The van der Waals surface area contributed by atoms with Crippen molar-refractivity contribution in [3.8, 4) is 28.3 Å². The number of benzene rings is 1. The van der Waals surface area contributed by atoms with Crippen LogP contribution in [0.25, 0.3) is 22.6 Å². The Labute approximate surface area is 146 Å². The number of nitrogens with zero attached hydrogens (tertiary/aromatic N) is 1. The van der Waals surface area contributed by atoms with Crippen LogP contribution in [0.4, 0.5) is 0 Å². The van der Waals surface area contributed by atoms with E-state index in [2.05, 4.69) is 11.1 Å². The lowest BCUT2D eigenvalue weighted by atomic mass is 9.89. The first kappa shape index (κ1) is 17.0. The van der Waals surface area contributed by atoms with Crippen molar-refractivity contribution in [2.24, 2.45) is 0 Å². The smallest absolute Gasteiger partial charge is 0.348 e. The Morgan fingerprint density at radius 1 is 0.920 bits per heavy atom. The zero-order valence-electron chi connectivity index (χ0n) is 15.1. The molecule has 1 aromatic carbocycles. The molecule has 0 unspecified atom stereocenters. The molecule has 3 aromatic rings. The SMILES string of the molecule is Cc1cc(C)c(C)c(-c2c(O)c(C)c(-c3ccccn3)oc2=O)c1C. The third-order valence-electron chi connectivity index (χ3n) is 4.85. The van der Waals surface area contributed by atoms with E-state index in [0.717, 1.165) is 27.8 Å². The zero-order valence-corrected chi connectivity index (χ0v) is 15.1. The number of hydrogen-bond acceptors (Lipinski definition) is 4. The molecule has 0 aliphatic rings. The van der Waals surface area contributed by atoms with Crippen LogP contribution in [0, 0.1) is 34.6 Å². The van der Waals surface area contributed by atoms with Crippen molar-refractivity contribution in [1.82, 2.24) is 4.98 Å². The summed E-state index contributed by atoms with van der Waals surface area (Å²) in [6.45, 7) is 9.65. The first-order chi connectivity index (χ1) is 11.8. The molecule has 0 fully saturated rings. The number of hydrogen-bond donors (Lipinski definition) is 1. The summed E-state index contributed by atoms with van der Waals surface area (Å²) >= 11 is 0. The lowest BCUT2D eigenvalue weighted by Gasteiger charge is -2.17. The molecule has 2 aromatic heterocycles. The van der Waals surface area contributed by atoms with E-state index in [1.165, 1.54) is 0 Å². The van der Waals surface area contributed by atoms with E-state index in [9.17, 15) is 9.90 Å². The van der Waals surface area contributed by atoms with Gasteiger partial charge in [0.1, 0.15) is 17.0 Å². The zero-order chi connectivity index (χ0) is 18.3. The van der Waals surface area contributed by atoms with Crippen molar-refractivity contribution in [2.75, 3.05) is 0 Å². The maximum absolute atomic E-state index is 12.8. The van der Waals surface area contributed by atoms with E-state index in [1.807, 2.05) is 33.8 Å². The summed E-state index contributed by atoms with van der Waals surface area (Å²) in [5.74, 6) is 0.250. The van der Waals surface area contributed by atoms with Crippen LogP contribution in [-0.4, -0.2) is 10.1 Å². The summed E-state index contributed by atoms with van der Waals surface area (Å²) in [5.41, 5.74) is 5.52. The average molecular weight is 335 g/mol. The highest BCUT2D eigenvalue weighted by Crippen LogP contribution is 2.38. The lowest BCUT2D eigenvalue weighted by Crippen LogP contribution is -2.09. The standard InChI is InChI=1S/C21H21NO3/c1-11-10-12(2)14(4)17(13(11)3)18-19(23)15(5)20(25-21(18)24)16-8-6-7-9-22-16/h6-10,23H,1-5H3. The highest BCUT2D eigenvalue weighted by Gasteiger charge is 2.23. The maximum atomic E-state index is 12.8. The van der Waals surface area contributed by atoms with Crippen LogP contribution in [0.1, 0.15) is 27.8 Å². The highest BCUT2D eigenvalue weighted by atomic mass is 16.4. The highest BCUT2D eigenvalue weighted by molar-refractivity contribution is 5.79. The van der Waals surface area contributed by atoms with Crippen LogP contribution < -0.4 is 5.63 Å². The van der Waals surface area contributed by atoms with Gasteiger partial charge in [0.25, 0.3) is 0 Å². The molecule has 128 valence electrons. The van der Waals surface area contributed by atoms with E-state index in [1.54, 1.807) is 25.3 Å². The molecule has 0 atom stereocenters.